The van der Waals surface area contributed by atoms with Crippen molar-refractivity contribution in [1.82, 2.24) is 0 Å². The van der Waals surface area contributed by atoms with E-state index in [1.54, 1.807) is 12.1 Å². The van der Waals surface area contributed by atoms with E-state index in [1.807, 2.05) is 0 Å². The van der Waals surface area contributed by atoms with Crippen LogP contribution in [-0.2, 0) is 6.18 Å². The van der Waals surface area contributed by atoms with Crippen LogP contribution in [0.5, 0.6) is 0 Å². The largest absolute Gasteiger partial charge is 0.416 e. The molecule has 2 aromatic rings. The summed E-state index contributed by atoms with van der Waals surface area (Å²) in [7, 11) is 0. The molecule has 0 saturated carbocycles. The van der Waals surface area contributed by atoms with Gasteiger partial charge in [0.25, 0.3) is 0 Å². The van der Waals surface area contributed by atoms with Gasteiger partial charge in [-0.05, 0) is 23.8 Å². The number of carbonyl (C=O) groups excluding carboxylic acids is 2. The monoisotopic (exact) mass is 308 g/mol. The van der Waals surface area contributed by atoms with Gasteiger partial charge in [-0.3, -0.25) is 9.59 Å². The standard InChI is InChI=1S/C16H8F4O2/c17-10-6-8(5-9(7-10)16(18,19)20)13-14(21)11-3-1-2-4-12(11)15(13)22/h1-7,13H. The van der Waals surface area contributed by atoms with Crippen molar-refractivity contribution in [1.29, 1.82) is 0 Å². The minimum absolute atomic E-state index is 0.148. The molecule has 0 atom stereocenters. The molecule has 112 valence electrons. The van der Waals surface area contributed by atoms with E-state index in [9.17, 15) is 27.2 Å². The van der Waals surface area contributed by atoms with Crippen LogP contribution in [0.25, 0.3) is 0 Å². The van der Waals surface area contributed by atoms with Crippen LogP contribution >= 0.6 is 0 Å². The van der Waals surface area contributed by atoms with Gasteiger partial charge < -0.3 is 0 Å². The summed E-state index contributed by atoms with van der Waals surface area (Å²) in [5.41, 5.74) is -1.21. The van der Waals surface area contributed by atoms with E-state index in [1.165, 1.54) is 12.1 Å². The molecule has 0 spiro atoms. The quantitative estimate of drug-likeness (QED) is 0.589. The van der Waals surface area contributed by atoms with Crippen molar-refractivity contribution < 1.29 is 27.2 Å². The molecule has 0 saturated heterocycles. The third-order valence-electron chi connectivity index (χ3n) is 3.56. The molecule has 0 bridgehead atoms. The Hall–Kier alpha value is -2.50. The Labute approximate surface area is 122 Å². The van der Waals surface area contributed by atoms with Crippen molar-refractivity contribution >= 4 is 11.6 Å². The van der Waals surface area contributed by atoms with E-state index in [4.69, 9.17) is 0 Å². The Morgan fingerprint density at radius 3 is 1.91 bits per heavy atom. The number of alkyl halides is 3. The fraction of sp³-hybridized carbons (Fsp3) is 0.125. The highest BCUT2D eigenvalue weighted by atomic mass is 19.4. The number of carbonyl (C=O) groups is 2. The zero-order chi connectivity index (χ0) is 16.1. The number of fused-ring (bicyclic) bond motifs is 1. The lowest BCUT2D eigenvalue weighted by molar-refractivity contribution is -0.137. The van der Waals surface area contributed by atoms with Crippen molar-refractivity contribution in [2.75, 3.05) is 0 Å². The molecule has 2 nitrogen and oxygen atoms in total. The molecule has 0 aliphatic heterocycles. The highest BCUT2D eigenvalue weighted by molar-refractivity contribution is 6.29. The lowest BCUT2D eigenvalue weighted by atomic mass is 9.92. The van der Waals surface area contributed by atoms with E-state index >= 15 is 0 Å². The van der Waals surface area contributed by atoms with E-state index in [2.05, 4.69) is 0 Å². The minimum atomic E-state index is -4.76. The zero-order valence-electron chi connectivity index (χ0n) is 10.9. The van der Waals surface area contributed by atoms with Crippen molar-refractivity contribution in [2.45, 2.75) is 12.1 Å². The SMILES string of the molecule is O=C1c2ccccc2C(=O)C1c1cc(F)cc(C(F)(F)F)c1. The minimum Gasteiger partial charge on any atom is -0.293 e. The molecule has 2 aromatic carbocycles. The maximum Gasteiger partial charge on any atom is 0.416 e. The molecule has 0 aromatic heterocycles. The molecule has 3 rings (SSSR count). The molecular weight excluding hydrogens is 300 g/mol. The topological polar surface area (TPSA) is 34.1 Å². The van der Waals surface area contributed by atoms with Crippen molar-refractivity contribution in [2.24, 2.45) is 0 Å². The van der Waals surface area contributed by atoms with E-state index in [0.717, 1.165) is 6.07 Å². The highest BCUT2D eigenvalue weighted by Crippen LogP contribution is 2.37. The summed E-state index contributed by atoms with van der Waals surface area (Å²) in [5.74, 6) is -3.78. The summed E-state index contributed by atoms with van der Waals surface area (Å²) in [6.45, 7) is 0. The smallest absolute Gasteiger partial charge is 0.293 e. The van der Waals surface area contributed by atoms with Gasteiger partial charge in [0.1, 0.15) is 11.7 Å². The first-order chi connectivity index (χ1) is 10.3. The van der Waals surface area contributed by atoms with Crippen LogP contribution < -0.4 is 0 Å². The number of benzene rings is 2. The summed E-state index contributed by atoms with van der Waals surface area (Å²) >= 11 is 0. The fourth-order valence-electron chi connectivity index (χ4n) is 2.59. The van der Waals surface area contributed by atoms with Crippen LogP contribution in [0.15, 0.2) is 42.5 Å². The normalized spacial score (nSPS) is 15.3. The maximum atomic E-state index is 13.5. The molecule has 0 radical (unpaired) electrons. The zero-order valence-corrected chi connectivity index (χ0v) is 10.9. The Kier molecular flexibility index (Phi) is 3.12. The number of ketones is 2. The van der Waals surface area contributed by atoms with Crippen LogP contribution in [0.4, 0.5) is 17.6 Å². The van der Waals surface area contributed by atoms with Crippen LogP contribution in [0.1, 0.15) is 37.8 Å². The van der Waals surface area contributed by atoms with Gasteiger partial charge in [0.15, 0.2) is 11.6 Å². The van der Waals surface area contributed by atoms with Crippen LogP contribution in [0.2, 0.25) is 0 Å². The molecule has 0 N–H and O–H groups in total. The molecule has 0 fully saturated rings. The molecule has 0 unspecified atom stereocenters. The van der Waals surface area contributed by atoms with Gasteiger partial charge in [0.2, 0.25) is 0 Å². The summed E-state index contributed by atoms with van der Waals surface area (Å²) in [6.07, 6.45) is -4.76. The first kappa shape index (κ1) is 14.4. The Morgan fingerprint density at radius 1 is 0.864 bits per heavy atom. The predicted molar refractivity (Wildman–Crippen MR) is 69.2 cm³/mol. The summed E-state index contributed by atoms with van der Waals surface area (Å²) in [4.78, 5) is 24.5. The molecule has 0 heterocycles. The maximum absolute atomic E-state index is 13.5. The number of halogens is 4. The molecule has 1 aliphatic carbocycles. The number of hydrogen-bond acceptors (Lipinski definition) is 2. The summed E-state index contributed by atoms with van der Waals surface area (Å²) in [5, 5.41) is 0. The lowest BCUT2D eigenvalue weighted by Crippen LogP contribution is -2.15. The molecule has 6 heteroatoms. The summed E-state index contributed by atoms with van der Waals surface area (Å²) < 4.78 is 51.7. The van der Waals surface area contributed by atoms with E-state index < -0.39 is 35.0 Å². The average molecular weight is 308 g/mol. The first-order valence-corrected chi connectivity index (χ1v) is 6.34. The fourth-order valence-corrected chi connectivity index (χ4v) is 2.59. The van der Waals surface area contributed by atoms with Gasteiger partial charge in [-0.1, -0.05) is 24.3 Å². The number of rotatable bonds is 1. The Balaban J connectivity index is 2.12. The number of hydrogen-bond donors (Lipinski definition) is 0. The summed E-state index contributed by atoms with van der Waals surface area (Å²) in [6, 6.07) is 7.74. The van der Waals surface area contributed by atoms with Gasteiger partial charge in [0.05, 0.1) is 5.56 Å². The van der Waals surface area contributed by atoms with Crippen LogP contribution in [0, 0.1) is 5.82 Å². The van der Waals surface area contributed by atoms with Crippen molar-refractivity contribution in [3.05, 3.63) is 70.5 Å². The van der Waals surface area contributed by atoms with Gasteiger partial charge in [-0.15, -0.1) is 0 Å². The predicted octanol–water partition coefficient (Wildman–Crippen LogP) is 4.01. The third kappa shape index (κ3) is 2.20. The number of Topliss-reactive ketones (excluding diaryl/α,β-unsaturated/α-hetero) is 2. The van der Waals surface area contributed by atoms with Crippen molar-refractivity contribution in [3.8, 4) is 0 Å². The Morgan fingerprint density at radius 2 is 1.41 bits per heavy atom. The average Bonchev–Trinajstić information content (AvgIpc) is 2.70. The van der Waals surface area contributed by atoms with Crippen molar-refractivity contribution in [3.63, 3.8) is 0 Å². The van der Waals surface area contributed by atoms with E-state index in [-0.39, 0.29) is 16.7 Å². The van der Waals surface area contributed by atoms with Gasteiger partial charge >= 0.3 is 6.18 Å². The second kappa shape index (κ2) is 4.76. The van der Waals surface area contributed by atoms with Crippen LogP contribution in [-0.4, -0.2) is 11.6 Å². The third-order valence-corrected chi connectivity index (χ3v) is 3.56. The second-order valence-electron chi connectivity index (χ2n) is 4.98. The molecule has 1 aliphatic rings. The van der Waals surface area contributed by atoms with Gasteiger partial charge in [-0.2, -0.15) is 13.2 Å². The van der Waals surface area contributed by atoms with Gasteiger partial charge in [-0.25, -0.2) is 4.39 Å². The second-order valence-corrected chi connectivity index (χ2v) is 4.98. The molecular formula is C16H8F4O2. The van der Waals surface area contributed by atoms with Gasteiger partial charge in [0, 0.05) is 11.1 Å². The van der Waals surface area contributed by atoms with Crippen LogP contribution in [0.3, 0.4) is 0 Å². The first-order valence-electron chi connectivity index (χ1n) is 6.34. The Bertz CT molecular complexity index is 758. The molecule has 22 heavy (non-hydrogen) atoms. The highest BCUT2D eigenvalue weighted by Gasteiger charge is 2.41. The lowest BCUT2D eigenvalue weighted by Gasteiger charge is -2.12. The van der Waals surface area contributed by atoms with E-state index in [0.29, 0.717) is 12.1 Å². The molecule has 0 amide bonds.